The zero-order chi connectivity index (χ0) is 6.53. The zero-order valence-corrected chi connectivity index (χ0v) is 5.97. The Morgan fingerprint density at radius 3 is 3.00 bits per heavy atom. The molecular weight excluding hydrogens is 130 g/mol. The van der Waals surface area contributed by atoms with Crippen molar-refractivity contribution in [2.45, 2.75) is 0 Å². The monoisotopic (exact) mass is 139 g/mol. The minimum Gasteiger partial charge on any atom is -0.316 e. The summed E-state index contributed by atoms with van der Waals surface area (Å²) in [5.41, 5.74) is 0. The van der Waals surface area contributed by atoms with Crippen molar-refractivity contribution in [1.29, 1.82) is 0 Å². The third-order valence-electron chi connectivity index (χ3n) is 0.947. The van der Waals surface area contributed by atoms with Gasteiger partial charge in [0, 0.05) is 12.7 Å². The Labute approximate surface area is 59.9 Å². The smallest absolute Gasteiger partial charge is 0.0470 e. The van der Waals surface area contributed by atoms with Gasteiger partial charge in [0.2, 0.25) is 0 Å². The molecule has 1 aliphatic rings. The molecular formula is C7H9NS. The van der Waals surface area contributed by atoms with E-state index >= 15 is 0 Å². The summed E-state index contributed by atoms with van der Waals surface area (Å²) in [4.78, 5) is 0. The van der Waals surface area contributed by atoms with Crippen molar-refractivity contribution in [3.63, 3.8) is 0 Å². The van der Waals surface area contributed by atoms with Crippen molar-refractivity contribution in [3.05, 3.63) is 36.4 Å². The molecule has 0 aromatic rings. The second kappa shape index (κ2) is 3.41. The average molecular weight is 139 g/mol. The van der Waals surface area contributed by atoms with Gasteiger partial charge in [0.1, 0.15) is 0 Å². The molecule has 0 aromatic heterocycles. The van der Waals surface area contributed by atoms with Gasteiger partial charge in [-0.05, 0) is 23.4 Å². The van der Waals surface area contributed by atoms with Crippen molar-refractivity contribution in [2.24, 2.45) is 0 Å². The molecule has 0 amide bonds. The fourth-order valence-corrected chi connectivity index (χ4v) is 1.22. The minimum absolute atomic E-state index is 0.908. The van der Waals surface area contributed by atoms with Crippen LogP contribution >= 0.6 is 11.9 Å². The van der Waals surface area contributed by atoms with Crippen LogP contribution in [0.25, 0.3) is 0 Å². The lowest BCUT2D eigenvalue weighted by atomic mass is 10.5. The molecule has 48 valence electrons. The summed E-state index contributed by atoms with van der Waals surface area (Å²) in [6.45, 7) is 4.55. The highest BCUT2D eigenvalue weighted by molar-refractivity contribution is 8.00. The van der Waals surface area contributed by atoms with Gasteiger partial charge in [-0.3, -0.25) is 0 Å². The molecule has 9 heavy (non-hydrogen) atoms. The first kappa shape index (κ1) is 6.49. The van der Waals surface area contributed by atoms with Crippen molar-refractivity contribution in [1.82, 2.24) is 4.31 Å². The quantitative estimate of drug-likeness (QED) is 0.426. The summed E-state index contributed by atoms with van der Waals surface area (Å²) < 4.78 is 2.10. The molecule has 0 spiro atoms. The normalized spacial score (nSPS) is 16.2. The van der Waals surface area contributed by atoms with E-state index in [4.69, 9.17) is 0 Å². The largest absolute Gasteiger partial charge is 0.316 e. The van der Waals surface area contributed by atoms with Crippen LogP contribution in [0, 0.1) is 0 Å². The Hall–Kier alpha value is -0.630. The molecule has 0 saturated heterocycles. The molecule has 0 N–H and O–H groups in total. The van der Waals surface area contributed by atoms with E-state index in [0.717, 1.165) is 6.54 Å². The van der Waals surface area contributed by atoms with E-state index in [1.54, 1.807) is 11.9 Å². The van der Waals surface area contributed by atoms with E-state index in [1.165, 1.54) is 0 Å². The summed E-state index contributed by atoms with van der Waals surface area (Å²) in [5, 5.41) is 2.05. The summed E-state index contributed by atoms with van der Waals surface area (Å²) in [5.74, 6) is 0. The highest BCUT2D eigenvalue weighted by atomic mass is 32.2. The Balaban J connectivity index is 2.36. The molecule has 1 rings (SSSR count). The van der Waals surface area contributed by atoms with Crippen molar-refractivity contribution in [3.8, 4) is 0 Å². The van der Waals surface area contributed by atoms with Crippen molar-refractivity contribution >= 4 is 11.9 Å². The van der Waals surface area contributed by atoms with Gasteiger partial charge >= 0.3 is 0 Å². The van der Waals surface area contributed by atoms with Crippen molar-refractivity contribution < 1.29 is 0 Å². The molecule has 1 aliphatic heterocycles. The van der Waals surface area contributed by atoms with Crippen LogP contribution in [0.2, 0.25) is 0 Å². The maximum atomic E-state index is 3.64. The molecule has 0 atom stereocenters. The standard InChI is InChI=1S/C7H9NS/c1-2-5-8-6-3-4-7-9-8/h2-4,6-7H,1,5H2. The van der Waals surface area contributed by atoms with E-state index in [9.17, 15) is 0 Å². The SMILES string of the molecule is C=CCN1C=CC=CS1. The van der Waals surface area contributed by atoms with Crippen LogP contribution in [0.15, 0.2) is 36.4 Å². The molecule has 0 fully saturated rings. The minimum atomic E-state index is 0.908. The lowest BCUT2D eigenvalue weighted by Crippen LogP contribution is -2.06. The Morgan fingerprint density at radius 1 is 1.56 bits per heavy atom. The highest BCUT2D eigenvalue weighted by Gasteiger charge is 1.94. The van der Waals surface area contributed by atoms with E-state index in [2.05, 4.69) is 10.9 Å². The van der Waals surface area contributed by atoms with E-state index in [0.29, 0.717) is 0 Å². The molecule has 0 aromatic carbocycles. The lowest BCUT2D eigenvalue weighted by Gasteiger charge is -2.15. The second-order valence-electron chi connectivity index (χ2n) is 1.66. The van der Waals surface area contributed by atoms with Crippen LogP contribution in [0.5, 0.6) is 0 Å². The van der Waals surface area contributed by atoms with Gasteiger partial charge in [-0.1, -0.05) is 12.2 Å². The maximum Gasteiger partial charge on any atom is 0.0470 e. The third-order valence-corrected chi connectivity index (χ3v) is 1.77. The second-order valence-corrected chi connectivity index (χ2v) is 2.62. The molecule has 1 heterocycles. The van der Waals surface area contributed by atoms with Gasteiger partial charge in [-0.25, -0.2) is 0 Å². The number of rotatable bonds is 2. The van der Waals surface area contributed by atoms with Gasteiger partial charge in [0.25, 0.3) is 0 Å². The van der Waals surface area contributed by atoms with E-state index in [1.807, 2.05) is 29.8 Å². The fraction of sp³-hybridized carbons (Fsp3) is 0.143. The van der Waals surface area contributed by atoms with E-state index < -0.39 is 0 Å². The van der Waals surface area contributed by atoms with Gasteiger partial charge < -0.3 is 4.31 Å². The average Bonchev–Trinajstić information content (AvgIpc) is 1.91. The zero-order valence-electron chi connectivity index (χ0n) is 5.16. The molecule has 2 heteroatoms. The summed E-state index contributed by atoms with van der Waals surface area (Å²) in [6, 6.07) is 0. The first-order valence-corrected chi connectivity index (χ1v) is 3.65. The lowest BCUT2D eigenvalue weighted by molar-refractivity contribution is 0.701. The van der Waals surface area contributed by atoms with Crippen LogP contribution in [0.4, 0.5) is 0 Å². The Bertz CT molecular complexity index is 147. The van der Waals surface area contributed by atoms with Gasteiger partial charge in [-0.15, -0.1) is 6.58 Å². The predicted molar refractivity (Wildman–Crippen MR) is 42.8 cm³/mol. The number of nitrogens with zero attached hydrogens (tertiary/aromatic N) is 1. The van der Waals surface area contributed by atoms with Gasteiger partial charge in [0.15, 0.2) is 0 Å². The van der Waals surface area contributed by atoms with Gasteiger partial charge in [-0.2, -0.15) is 0 Å². The summed E-state index contributed by atoms with van der Waals surface area (Å²) in [6.07, 6.45) is 7.95. The van der Waals surface area contributed by atoms with Crippen LogP contribution in [0.1, 0.15) is 0 Å². The fourth-order valence-electron chi connectivity index (χ4n) is 0.571. The topological polar surface area (TPSA) is 3.24 Å². The first-order chi connectivity index (χ1) is 4.43. The van der Waals surface area contributed by atoms with Gasteiger partial charge in [0.05, 0.1) is 0 Å². The molecule has 0 bridgehead atoms. The first-order valence-electron chi connectivity index (χ1n) is 2.81. The molecule has 0 radical (unpaired) electrons. The number of allylic oxidation sites excluding steroid dienone is 2. The summed E-state index contributed by atoms with van der Waals surface area (Å²) >= 11 is 1.68. The molecule has 0 saturated carbocycles. The molecule has 0 unspecified atom stereocenters. The molecule has 1 nitrogen and oxygen atoms in total. The van der Waals surface area contributed by atoms with Crippen LogP contribution < -0.4 is 0 Å². The van der Waals surface area contributed by atoms with E-state index in [-0.39, 0.29) is 0 Å². The van der Waals surface area contributed by atoms with Crippen LogP contribution in [-0.4, -0.2) is 10.8 Å². The predicted octanol–water partition coefficient (Wildman–Crippen LogP) is 2.16. The Kier molecular flexibility index (Phi) is 2.46. The van der Waals surface area contributed by atoms with Crippen LogP contribution in [0.3, 0.4) is 0 Å². The maximum absolute atomic E-state index is 3.64. The Morgan fingerprint density at radius 2 is 2.44 bits per heavy atom. The number of hydrogen-bond acceptors (Lipinski definition) is 2. The summed E-state index contributed by atoms with van der Waals surface area (Å²) in [7, 11) is 0. The van der Waals surface area contributed by atoms with Crippen LogP contribution in [-0.2, 0) is 0 Å². The number of hydrogen-bond donors (Lipinski definition) is 0. The van der Waals surface area contributed by atoms with Crippen molar-refractivity contribution in [2.75, 3.05) is 6.54 Å². The third kappa shape index (κ3) is 1.98. The highest BCUT2D eigenvalue weighted by Crippen LogP contribution is 2.15. The molecule has 0 aliphatic carbocycles.